The lowest BCUT2D eigenvalue weighted by Gasteiger charge is -2.37. The third-order valence-electron chi connectivity index (χ3n) is 5.56. The molecular formula is C20H29N5OS. The summed E-state index contributed by atoms with van der Waals surface area (Å²) in [7, 11) is 0. The normalized spacial score (nSPS) is 20.9. The minimum absolute atomic E-state index is 0.421. The van der Waals surface area contributed by atoms with Crippen molar-refractivity contribution in [1.82, 2.24) is 19.8 Å². The van der Waals surface area contributed by atoms with E-state index in [1.165, 1.54) is 10.4 Å². The average molecular weight is 388 g/mol. The fourth-order valence-electron chi connectivity index (χ4n) is 4.04. The first-order valence-corrected chi connectivity index (χ1v) is 10.8. The van der Waals surface area contributed by atoms with Gasteiger partial charge in [-0.1, -0.05) is 0 Å². The van der Waals surface area contributed by atoms with Crippen LogP contribution in [0.5, 0.6) is 0 Å². The van der Waals surface area contributed by atoms with E-state index in [9.17, 15) is 0 Å². The first kappa shape index (κ1) is 18.8. The lowest BCUT2D eigenvalue weighted by atomic mass is 10.0. The van der Waals surface area contributed by atoms with E-state index in [1.54, 1.807) is 11.3 Å². The number of thiazole rings is 1. The van der Waals surface area contributed by atoms with E-state index in [4.69, 9.17) is 10.5 Å². The number of anilines is 1. The van der Waals surface area contributed by atoms with E-state index in [1.807, 2.05) is 18.6 Å². The first-order chi connectivity index (χ1) is 13.2. The number of rotatable bonds is 6. The molecule has 0 atom stereocenters. The zero-order chi connectivity index (χ0) is 18.5. The summed E-state index contributed by atoms with van der Waals surface area (Å²) in [5.74, 6) is 0. The lowest BCUT2D eigenvalue weighted by molar-refractivity contribution is -0.0663. The van der Waals surface area contributed by atoms with Crippen LogP contribution in [0.15, 0.2) is 30.7 Å². The second-order valence-corrected chi connectivity index (χ2v) is 8.75. The van der Waals surface area contributed by atoms with E-state index < -0.39 is 0 Å². The SMILES string of the molecule is Nc1ncc(CN2CCC(OC3CCN(Cc4ccncc4)CC3)CC2)s1. The van der Waals surface area contributed by atoms with Gasteiger partial charge >= 0.3 is 0 Å². The van der Waals surface area contributed by atoms with Crippen LogP contribution in [0.3, 0.4) is 0 Å². The van der Waals surface area contributed by atoms with Crippen molar-refractivity contribution in [3.63, 3.8) is 0 Å². The first-order valence-electron chi connectivity index (χ1n) is 9.94. The molecule has 0 amide bonds. The van der Waals surface area contributed by atoms with Gasteiger partial charge in [0.05, 0.1) is 12.2 Å². The van der Waals surface area contributed by atoms with Gasteiger partial charge in [-0.15, -0.1) is 11.3 Å². The Labute approximate surface area is 165 Å². The highest BCUT2D eigenvalue weighted by Crippen LogP contribution is 2.24. The van der Waals surface area contributed by atoms with Gasteiger partial charge in [-0.3, -0.25) is 14.8 Å². The van der Waals surface area contributed by atoms with Crippen LogP contribution in [-0.4, -0.2) is 58.2 Å². The Kier molecular flexibility index (Phi) is 6.34. The average Bonchev–Trinajstić information content (AvgIpc) is 3.10. The lowest BCUT2D eigenvalue weighted by Crippen LogP contribution is -2.41. The van der Waals surface area contributed by atoms with Gasteiger partial charge in [0.25, 0.3) is 0 Å². The smallest absolute Gasteiger partial charge is 0.180 e. The molecule has 0 aromatic carbocycles. The second kappa shape index (κ2) is 9.10. The highest BCUT2D eigenvalue weighted by atomic mass is 32.1. The molecule has 0 saturated carbocycles. The largest absolute Gasteiger partial charge is 0.375 e. The zero-order valence-corrected chi connectivity index (χ0v) is 16.6. The Morgan fingerprint density at radius 3 is 2.11 bits per heavy atom. The second-order valence-electron chi connectivity index (χ2n) is 7.61. The number of nitrogen functional groups attached to an aromatic ring is 1. The Balaban J connectivity index is 1.15. The molecule has 2 aliphatic heterocycles. The monoisotopic (exact) mass is 387 g/mol. The van der Waals surface area contributed by atoms with Crippen molar-refractivity contribution >= 4 is 16.5 Å². The van der Waals surface area contributed by atoms with Crippen molar-refractivity contribution in [3.05, 3.63) is 41.2 Å². The van der Waals surface area contributed by atoms with Crippen LogP contribution >= 0.6 is 11.3 Å². The highest BCUT2D eigenvalue weighted by Gasteiger charge is 2.26. The summed E-state index contributed by atoms with van der Waals surface area (Å²) in [6.45, 7) is 6.44. The van der Waals surface area contributed by atoms with Gasteiger partial charge < -0.3 is 10.5 Å². The number of nitrogens with two attached hydrogens (primary N) is 1. The van der Waals surface area contributed by atoms with Crippen LogP contribution < -0.4 is 5.73 Å². The van der Waals surface area contributed by atoms with Crippen molar-refractivity contribution in [2.45, 2.75) is 51.0 Å². The molecule has 7 heteroatoms. The van der Waals surface area contributed by atoms with E-state index in [0.717, 1.165) is 65.0 Å². The molecule has 146 valence electrons. The van der Waals surface area contributed by atoms with Crippen LogP contribution in [0, 0.1) is 0 Å². The molecule has 0 spiro atoms. The molecule has 6 nitrogen and oxygen atoms in total. The predicted molar refractivity (Wildman–Crippen MR) is 108 cm³/mol. The number of piperidine rings is 2. The number of aromatic nitrogens is 2. The molecule has 0 unspecified atom stereocenters. The van der Waals surface area contributed by atoms with Crippen LogP contribution in [0.25, 0.3) is 0 Å². The van der Waals surface area contributed by atoms with Crippen LogP contribution in [0.4, 0.5) is 5.13 Å². The summed E-state index contributed by atoms with van der Waals surface area (Å²) >= 11 is 1.60. The summed E-state index contributed by atoms with van der Waals surface area (Å²) in [6, 6.07) is 4.22. The molecule has 2 aliphatic rings. The third kappa shape index (κ3) is 5.48. The number of nitrogens with zero attached hydrogens (tertiary/aromatic N) is 4. The van der Waals surface area contributed by atoms with Gasteiger partial charge in [-0.2, -0.15) is 0 Å². The minimum Gasteiger partial charge on any atom is -0.375 e. The molecular weight excluding hydrogens is 358 g/mol. The number of likely N-dealkylation sites (tertiary alicyclic amines) is 2. The molecule has 27 heavy (non-hydrogen) atoms. The number of hydrogen-bond acceptors (Lipinski definition) is 7. The maximum Gasteiger partial charge on any atom is 0.180 e. The van der Waals surface area contributed by atoms with Gasteiger partial charge in [0.1, 0.15) is 0 Å². The summed E-state index contributed by atoms with van der Waals surface area (Å²) in [6.07, 6.45) is 11.1. The molecule has 2 N–H and O–H groups in total. The third-order valence-corrected chi connectivity index (χ3v) is 6.37. The highest BCUT2D eigenvalue weighted by molar-refractivity contribution is 7.15. The topological polar surface area (TPSA) is 67.5 Å². The number of pyridine rings is 1. The molecule has 0 aliphatic carbocycles. The Morgan fingerprint density at radius 1 is 0.963 bits per heavy atom. The molecule has 0 bridgehead atoms. The van der Waals surface area contributed by atoms with E-state index in [0.29, 0.717) is 17.3 Å². The maximum absolute atomic E-state index is 6.44. The van der Waals surface area contributed by atoms with Gasteiger partial charge in [0.2, 0.25) is 0 Å². The minimum atomic E-state index is 0.421. The Morgan fingerprint density at radius 2 is 1.56 bits per heavy atom. The maximum atomic E-state index is 6.44. The number of ether oxygens (including phenoxy) is 1. The summed E-state index contributed by atoms with van der Waals surface area (Å²) < 4.78 is 6.44. The Bertz CT molecular complexity index is 693. The predicted octanol–water partition coefficient (Wildman–Crippen LogP) is 2.77. The molecule has 2 aromatic heterocycles. The summed E-state index contributed by atoms with van der Waals surface area (Å²) in [5.41, 5.74) is 7.07. The van der Waals surface area contributed by atoms with Crippen LogP contribution in [0.1, 0.15) is 36.1 Å². The van der Waals surface area contributed by atoms with Crippen LogP contribution in [-0.2, 0) is 17.8 Å². The standard InChI is InChI=1S/C20H29N5OS/c21-20-23-13-19(27-20)15-25-11-5-18(6-12-25)26-17-3-9-24(10-4-17)14-16-1-7-22-8-2-16/h1-2,7-8,13,17-18H,3-6,9-12,14-15H2,(H2,21,23). The molecule has 2 aromatic rings. The fraction of sp³-hybridized carbons (Fsp3) is 0.600. The van der Waals surface area contributed by atoms with Gasteiger partial charge in [0, 0.05) is 62.7 Å². The van der Waals surface area contributed by atoms with Gasteiger partial charge in [-0.05, 0) is 43.4 Å². The molecule has 4 rings (SSSR count). The molecule has 2 saturated heterocycles. The van der Waals surface area contributed by atoms with Gasteiger partial charge in [-0.25, -0.2) is 4.98 Å². The molecule has 0 radical (unpaired) electrons. The quantitative estimate of drug-likeness (QED) is 0.822. The van der Waals surface area contributed by atoms with Crippen LogP contribution in [0.2, 0.25) is 0 Å². The zero-order valence-electron chi connectivity index (χ0n) is 15.8. The van der Waals surface area contributed by atoms with Crippen molar-refractivity contribution in [3.8, 4) is 0 Å². The fourth-order valence-corrected chi connectivity index (χ4v) is 4.77. The summed E-state index contributed by atoms with van der Waals surface area (Å²) in [5, 5.41) is 0.665. The van der Waals surface area contributed by atoms with Crippen molar-refractivity contribution in [2.24, 2.45) is 0 Å². The number of hydrogen-bond donors (Lipinski definition) is 1. The van der Waals surface area contributed by atoms with E-state index in [2.05, 4.69) is 31.9 Å². The van der Waals surface area contributed by atoms with E-state index in [-0.39, 0.29) is 0 Å². The van der Waals surface area contributed by atoms with Crippen molar-refractivity contribution < 1.29 is 4.74 Å². The molecule has 2 fully saturated rings. The van der Waals surface area contributed by atoms with E-state index >= 15 is 0 Å². The van der Waals surface area contributed by atoms with Crippen molar-refractivity contribution in [2.75, 3.05) is 31.9 Å². The van der Waals surface area contributed by atoms with Gasteiger partial charge in [0.15, 0.2) is 5.13 Å². The van der Waals surface area contributed by atoms with Crippen molar-refractivity contribution in [1.29, 1.82) is 0 Å². The Hall–Kier alpha value is -1.54. The molecule has 4 heterocycles. The summed E-state index contributed by atoms with van der Waals surface area (Å²) in [4.78, 5) is 14.5.